The molecule has 1 aliphatic rings. The molecule has 3 heterocycles. The minimum Gasteiger partial charge on any atom is -0.381 e. The Bertz CT molecular complexity index is 977. The van der Waals surface area contributed by atoms with E-state index in [0.29, 0.717) is 16.3 Å². The van der Waals surface area contributed by atoms with Crippen molar-refractivity contribution in [2.75, 3.05) is 19.0 Å². The van der Waals surface area contributed by atoms with Gasteiger partial charge in [0.15, 0.2) is 5.16 Å². The summed E-state index contributed by atoms with van der Waals surface area (Å²) in [7, 11) is 1.79. The van der Waals surface area contributed by atoms with Crippen LogP contribution in [-0.4, -0.2) is 28.5 Å². The molecule has 1 unspecified atom stereocenters. The Kier molecular flexibility index (Phi) is 4.86. The summed E-state index contributed by atoms with van der Waals surface area (Å²) in [5.74, 6) is 1.47. The van der Waals surface area contributed by atoms with Crippen LogP contribution in [0.5, 0.6) is 0 Å². The quantitative estimate of drug-likeness (QED) is 0.486. The molecular formula is C18H17ClN2O2S2. The first kappa shape index (κ1) is 17.1. The Hall–Kier alpha value is -1.34. The molecule has 0 saturated carbocycles. The Labute approximate surface area is 158 Å². The topological polar surface area (TPSA) is 44.1 Å². The first-order valence-corrected chi connectivity index (χ1v) is 10.3. The summed E-state index contributed by atoms with van der Waals surface area (Å²) in [6.45, 7) is 1.64. The van der Waals surface area contributed by atoms with E-state index in [0.717, 1.165) is 46.5 Å². The van der Waals surface area contributed by atoms with E-state index in [4.69, 9.17) is 21.3 Å². The molecule has 0 N–H and O–H groups in total. The van der Waals surface area contributed by atoms with Gasteiger partial charge in [0, 0.05) is 40.9 Å². The number of hydrogen-bond acceptors (Lipinski definition) is 5. The fourth-order valence-electron chi connectivity index (χ4n) is 2.97. The van der Waals surface area contributed by atoms with Crippen LogP contribution in [0.2, 0.25) is 5.02 Å². The summed E-state index contributed by atoms with van der Waals surface area (Å²) in [6, 6.07) is 7.59. The second-order valence-electron chi connectivity index (χ2n) is 6.11. The van der Waals surface area contributed by atoms with Crippen LogP contribution >= 0.6 is 34.7 Å². The zero-order valence-corrected chi connectivity index (χ0v) is 16.1. The summed E-state index contributed by atoms with van der Waals surface area (Å²) < 4.78 is 7.07. The highest BCUT2D eigenvalue weighted by Crippen LogP contribution is 2.35. The molecule has 1 atom stereocenters. The molecule has 0 spiro atoms. The lowest BCUT2D eigenvalue weighted by atomic mass is 10.1. The summed E-state index contributed by atoms with van der Waals surface area (Å²) in [4.78, 5) is 18.5. The zero-order valence-electron chi connectivity index (χ0n) is 13.7. The third-order valence-electron chi connectivity index (χ3n) is 4.41. The fraction of sp³-hybridized carbons (Fsp3) is 0.333. The van der Waals surface area contributed by atoms with Crippen molar-refractivity contribution >= 4 is 44.9 Å². The molecule has 0 aliphatic carbocycles. The van der Waals surface area contributed by atoms with Crippen molar-refractivity contribution in [3.8, 4) is 11.1 Å². The number of thiophene rings is 1. The minimum absolute atomic E-state index is 0.0219. The molecule has 130 valence electrons. The van der Waals surface area contributed by atoms with Crippen LogP contribution in [0.1, 0.15) is 6.42 Å². The van der Waals surface area contributed by atoms with Crippen LogP contribution in [0.15, 0.2) is 39.6 Å². The van der Waals surface area contributed by atoms with Gasteiger partial charge in [0.05, 0.1) is 12.0 Å². The van der Waals surface area contributed by atoms with Gasteiger partial charge in [-0.3, -0.25) is 9.36 Å². The average Bonchev–Trinajstić information content (AvgIpc) is 3.27. The van der Waals surface area contributed by atoms with Crippen molar-refractivity contribution in [1.29, 1.82) is 0 Å². The lowest BCUT2D eigenvalue weighted by molar-refractivity contribution is 0.189. The van der Waals surface area contributed by atoms with E-state index >= 15 is 0 Å². The average molecular weight is 393 g/mol. The van der Waals surface area contributed by atoms with E-state index in [2.05, 4.69) is 0 Å². The number of benzene rings is 1. The molecule has 0 bridgehead atoms. The number of ether oxygens (including phenoxy) is 1. The lowest BCUT2D eigenvalue weighted by Crippen LogP contribution is -2.20. The number of rotatable bonds is 4. The van der Waals surface area contributed by atoms with Crippen molar-refractivity contribution in [3.63, 3.8) is 0 Å². The SMILES string of the molecule is Cn1c(SCC2CCOC2)nc2scc(-c3ccccc3Cl)c2c1=O. The van der Waals surface area contributed by atoms with E-state index in [1.807, 2.05) is 29.6 Å². The van der Waals surface area contributed by atoms with Crippen molar-refractivity contribution in [1.82, 2.24) is 9.55 Å². The standard InChI is InChI=1S/C18H17ClN2O2S2/c1-21-17(22)15-13(12-4-2-3-5-14(12)19)10-24-16(15)20-18(21)25-9-11-6-7-23-8-11/h2-5,10-11H,6-9H2,1H3. The summed E-state index contributed by atoms with van der Waals surface area (Å²) >= 11 is 9.45. The highest BCUT2D eigenvalue weighted by molar-refractivity contribution is 7.99. The number of fused-ring (bicyclic) bond motifs is 1. The highest BCUT2D eigenvalue weighted by Gasteiger charge is 2.20. The van der Waals surface area contributed by atoms with Gasteiger partial charge in [-0.25, -0.2) is 4.98 Å². The second kappa shape index (κ2) is 7.11. The van der Waals surface area contributed by atoms with Gasteiger partial charge in [-0.2, -0.15) is 0 Å². The molecule has 4 nitrogen and oxygen atoms in total. The molecule has 2 aromatic heterocycles. The first-order chi connectivity index (χ1) is 12.1. The normalized spacial score (nSPS) is 17.4. The third kappa shape index (κ3) is 3.24. The summed E-state index contributed by atoms with van der Waals surface area (Å²) in [6.07, 6.45) is 1.08. The highest BCUT2D eigenvalue weighted by atomic mass is 35.5. The maximum absolute atomic E-state index is 13.0. The first-order valence-electron chi connectivity index (χ1n) is 8.09. The Morgan fingerprint density at radius 3 is 3.00 bits per heavy atom. The third-order valence-corrected chi connectivity index (χ3v) is 6.87. The number of aromatic nitrogens is 2. The van der Waals surface area contributed by atoms with Gasteiger partial charge in [0.1, 0.15) is 4.83 Å². The van der Waals surface area contributed by atoms with Crippen LogP contribution in [0.25, 0.3) is 21.3 Å². The summed E-state index contributed by atoms with van der Waals surface area (Å²) in [5.41, 5.74) is 1.71. The molecule has 4 rings (SSSR count). The van der Waals surface area contributed by atoms with E-state index in [9.17, 15) is 4.79 Å². The van der Waals surface area contributed by atoms with Gasteiger partial charge < -0.3 is 4.74 Å². The molecule has 3 aromatic rings. The molecule has 1 saturated heterocycles. The zero-order chi connectivity index (χ0) is 17.4. The van der Waals surface area contributed by atoms with E-state index in [1.165, 1.54) is 11.3 Å². The van der Waals surface area contributed by atoms with Crippen molar-refractivity contribution in [3.05, 3.63) is 45.0 Å². The molecular weight excluding hydrogens is 376 g/mol. The van der Waals surface area contributed by atoms with Crippen LogP contribution < -0.4 is 5.56 Å². The lowest BCUT2D eigenvalue weighted by Gasteiger charge is -2.10. The van der Waals surface area contributed by atoms with Crippen LogP contribution in [0.3, 0.4) is 0 Å². The molecule has 0 amide bonds. The van der Waals surface area contributed by atoms with Crippen molar-refractivity contribution in [2.45, 2.75) is 11.6 Å². The maximum Gasteiger partial charge on any atom is 0.263 e. The van der Waals surface area contributed by atoms with Crippen LogP contribution in [0.4, 0.5) is 0 Å². The van der Waals surface area contributed by atoms with Gasteiger partial charge in [0.2, 0.25) is 0 Å². The van der Waals surface area contributed by atoms with Gasteiger partial charge in [0.25, 0.3) is 5.56 Å². The van der Waals surface area contributed by atoms with Crippen LogP contribution in [-0.2, 0) is 11.8 Å². The Balaban J connectivity index is 1.74. The smallest absolute Gasteiger partial charge is 0.263 e. The molecule has 1 fully saturated rings. The predicted octanol–water partition coefficient (Wildman–Crippen LogP) is 4.44. The number of nitrogens with zero attached hydrogens (tertiary/aromatic N) is 2. The minimum atomic E-state index is -0.0219. The van der Waals surface area contributed by atoms with Crippen molar-refractivity contribution < 1.29 is 4.74 Å². The second-order valence-corrected chi connectivity index (χ2v) is 8.36. The molecule has 1 aliphatic heterocycles. The maximum atomic E-state index is 13.0. The molecule has 0 radical (unpaired) electrons. The predicted molar refractivity (Wildman–Crippen MR) is 105 cm³/mol. The van der Waals surface area contributed by atoms with Gasteiger partial charge >= 0.3 is 0 Å². The van der Waals surface area contributed by atoms with Crippen LogP contribution in [0, 0.1) is 5.92 Å². The summed E-state index contributed by atoms with van der Waals surface area (Å²) in [5, 5.41) is 4.02. The van der Waals surface area contributed by atoms with E-state index < -0.39 is 0 Å². The molecule has 1 aromatic carbocycles. The Morgan fingerprint density at radius 1 is 1.40 bits per heavy atom. The monoisotopic (exact) mass is 392 g/mol. The fourth-order valence-corrected chi connectivity index (χ4v) is 5.27. The molecule has 25 heavy (non-hydrogen) atoms. The van der Waals surface area contributed by atoms with Crippen molar-refractivity contribution in [2.24, 2.45) is 13.0 Å². The largest absolute Gasteiger partial charge is 0.381 e. The molecule has 7 heteroatoms. The number of halogens is 1. The Morgan fingerprint density at radius 2 is 2.24 bits per heavy atom. The number of thioether (sulfide) groups is 1. The van der Waals surface area contributed by atoms with Gasteiger partial charge in [-0.1, -0.05) is 41.6 Å². The van der Waals surface area contributed by atoms with E-state index in [-0.39, 0.29) is 5.56 Å². The van der Waals surface area contributed by atoms with E-state index in [1.54, 1.807) is 23.4 Å². The number of hydrogen-bond donors (Lipinski definition) is 0. The van der Waals surface area contributed by atoms with Gasteiger partial charge in [-0.05, 0) is 18.4 Å². The van der Waals surface area contributed by atoms with Gasteiger partial charge in [-0.15, -0.1) is 11.3 Å².